The van der Waals surface area contributed by atoms with Crippen LogP contribution in [0.4, 0.5) is 5.69 Å². The Hall–Kier alpha value is -2.16. The number of fused-ring (bicyclic) bond motifs is 3. The first-order chi connectivity index (χ1) is 15.9. The number of benzene rings is 1. The second-order valence-corrected chi connectivity index (χ2v) is 10.1. The van der Waals surface area contributed by atoms with E-state index in [0.717, 1.165) is 24.1 Å². The van der Waals surface area contributed by atoms with Gasteiger partial charge in [0.05, 0.1) is 31.8 Å². The third kappa shape index (κ3) is 1.95. The van der Waals surface area contributed by atoms with Crippen LogP contribution in [0, 0.1) is 5.41 Å². The van der Waals surface area contributed by atoms with Gasteiger partial charge in [0.2, 0.25) is 11.5 Å². The summed E-state index contributed by atoms with van der Waals surface area (Å²) in [6.45, 7) is 3.50. The third-order valence-corrected chi connectivity index (χ3v) is 9.42. The van der Waals surface area contributed by atoms with E-state index in [1.54, 1.807) is 7.11 Å². The van der Waals surface area contributed by atoms with Crippen molar-refractivity contribution in [3.05, 3.63) is 29.8 Å². The normalized spacial score (nSPS) is 41.9. The van der Waals surface area contributed by atoms with Gasteiger partial charge in [0, 0.05) is 38.2 Å². The van der Waals surface area contributed by atoms with Crippen LogP contribution in [0.5, 0.6) is 0 Å². The van der Waals surface area contributed by atoms with E-state index in [-0.39, 0.29) is 11.9 Å². The standard InChI is InChI=1S/C25H32N2O6/c1-5-22-11-10-18(28)27-13-12-23-16-8-6-7-9-17(16)26(2)19(23)24(21(29)31-4,33-25(22,23)27)20(22)32-15-14-30-3/h6-9,19-20H,5,10-15H2,1-4H3/t19-,20+,22+,23+,24+,25+/m1/s1. The average Bonchev–Trinajstić information content (AvgIpc) is 3.48. The maximum atomic E-state index is 13.8. The van der Waals surface area contributed by atoms with Crippen LogP contribution in [-0.4, -0.2) is 81.3 Å². The predicted molar refractivity (Wildman–Crippen MR) is 119 cm³/mol. The van der Waals surface area contributed by atoms with Gasteiger partial charge in [-0.25, -0.2) is 4.79 Å². The van der Waals surface area contributed by atoms with Crippen LogP contribution in [-0.2, 0) is 34.0 Å². The van der Waals surface area contributed by atoms with Gasteiger partial charge in [0.15, 0.2) is 5.72 Å². The van der Waals surface area contributed by atoms with Gasteiger partial charge in [0.1, 0.15) is 6.10 Å². The second kappa shape index (κ2) is 6.71. The molecule has 1 amide bonds. The summed E-state index contributed by atoms with van der Waals surface area (Å²) in [5.74, 6) is -0.327. The van der Waals surface area contributed by atoms with Crippen LogP contribution in [0.15, 0.2) is 24.3 Å². The van der Waals surface area contributed by atoms with Crippen molar-refractivity contribution in [2.45, 2.75) is 61.5 Å². The fraction of sp³-hybridized carbons (Fsp3) is 0.680. The molecule has 8 nitrogen and oxygen atoms in total. The summed E-state index contributed by atoms with van der Waals surface area (Å²) >= 11 is 0. The number of anilines is 1. The van der Waals surface area contributed by atoms with Crippen LogP contribution in [0.2, 0.25) is 0 Å². The van der Waals surface area contributed by atoms with E-state index in [2.05, 4.69) is 24.0 Å². The maximum Gasteiger partial charge on any atom is 0.343 e. The van der Waals surface area contributed by atoms with E-state index in [1.807, 2.05) is 24.1 Å². The van der Waals surface area contributed by atoms with E-state index in [9.17, 15) is 9.59 Å². The number of likely N-dealkylation sites (N-methyl/N-ethyl adjacent to an activating group) is 1. The fourth-order valence-corrected chi connectivity index (χ4v) is 8.59. The van der Waals surface area contributed by atoms with Gasteiger partial charge in [-0.05, 0) is 30.9 Å². The average molecular weight is 457 g/mol. The molecule has 6 atom stereocenters. The summed E-state index contributed by atoms with van der Waals surface area (Å²) in [6, 6.07) is 7.99. The number of nitrogens with zero attached hydrogens (tertiary/aromatic N) is 2. The number of para-hydroxylation sites is 1. The van der Waals surface area contributed by atoms with Gasteiger partial charge in [-0.1, -0.05) is 25.1 Å². The van der Waals surface area contributed by atoms with E-state index >= 15 is 0 Å². The number of amides is 1. The van der Waals surface area contributed by atoms with Crippen molar-refractivity contribution in [3.63, 3.8) is 0 Å². The number of piperidine rings is 1. The Morgan fingerprint density at radius 1 is 1.21 bits per heavy atom. The Bertz CT molecular complexity index is 1030. The molecule has 33 heavy (non-hydrogen) atoms. The van der Waals surface area contributed by atoms with E-state index < -0.39 is 34.2 Å². The lowest BCUT2D eigenvalue weighted by atomic mass is 9.48. The van der Waals surface area contributed by atoms with Crippen molar-refractivity contribution < 1.29 is 28.5 Å². The largest absolute Gasteiger partial charge is 0.467 e. The van der Waals surface area contributed by atoms with Gasteiger partial charge in [0.25, 0.3) is 0 Å². The molecule has 8 heteroatoms. The summed E-state index contributed by atoms with van der Waals surface area (Å²) in [5.41, 5.74) is -1.13. The summed E-state index contributed by atoms with van der Waals surface area (Å²) in [7, 11) is 5.07. The van der Waals surface area contributed by atoms with Gasteiger partial charge in [-0.3, -0.25) is 4.79 Å². The molecule has 0 radical (unpaired) electrons. The number of hydrogen-bond donors (Lipinski definition) is 0. The molecule has 178 valence electrons. The molecule has 5 heterocycles. The molecule has 0 aliphatic carbocycles. The molecule has 0 N–H and O–H groups in total. The van der Waals surface area contributed by atoms with Gasteiger partial charge in [-0.2, -0.15) is 0 Å². The van der Waals surface area contributed by atoms with Crippen molar-refractivity contribution in [3.8, 4) is 0 Å². The van der Waals surface area contributed by atoms with Crippen molar-refractivity contribution in [2.75, 3.05) is 45.9 Å². The minimum absolute atomic E-state index is 0.0972. The Morgan fingerprint density at radius 2 is 2.00 bits per heavy atom. The minimum atomic E-state index is -1.35. The maximum absolute atomic E-state index is 13.8. The zero-order valence-electron chi connectivity index (χ0n) is 19.8. The van der Waals surface area contributed by atoms with Crippen molar-refractivity contribution in [1.82, 2.24) is 4.90 Å². The lowest BCUT2D eigenvalue weighted by molar-refractivity contribution is -0.214. The number of carbonyl (C=O) groups is 2. The van der Waals surface area contributed by atoms with Gasteiger partial charge < -0.3 is 28.7 Å². The summed E-state index contributed by atoms with van der Waals surface area (Å²) in [4.78, 5) is 31.3. The molecule has 5 aliphatic rings. The van der Waals surface area contributed by atoms with Crippen LogP contribution in [0.3, 0.4) is 0 Å². The Balaban J connectivity index is 1.68. The first-order valence-corrected chi connectivity index (χ1v) is 11.9. The van der Waals surface area contributed by atoms with E-state index in [1.165, 1.54) is 7.11 Å². The molecule has 5 aliphatic heterocycles. The Labute approximate surface area is 194 Å². The van der Waals surface area contributed by atoms with Crippen molar-refractivity contribution in [2.24, 2.45) is 5.41 Å². The number of ether oxygens (including phenoxy) is 4. The van der Waals surface area contributed by atoms with E-state index in [0.29, 0.717) is 32.6 Å². The molecule has 0 aromatic heterocycles. The molecule has 2 spiro atoms. The lowest BCUT2D eigenvalue weighted by Crippen LogP contribution is -2.76. The highest BCUT2D eigenvalue weighted by atomic mass is 16.6. The number of esters is 1. The van der Waals surface area contributed by atoms with E-state index in [4.69, 9.17) is 18.9 Å². The quantitative estimate of drug-likeness (QED) is 0.478. The minimum Gasteiger partial charge on any atom is -0.467 e. The van der Waals surface area contributed by atoms with Crippen LogP contribution < -0.4 is 4.90 Å². The molecule has 1 aromatic carbocycles. The van der Waals surface area contributed by atoms with Crippen LogP contribution in [0.25, 0.3) is 0 Å². The third-order valence-electron chi connectivity index (χ3n) is 9.42. The summed E-state index contributed by atoms with van der Waals surface area (Å²) in [5, 5.41) is 0. The molecule has 6 rings (SSSR count). The first kappa shape index (κ1) is 21.4. The van der Waals surface area contributed by atoms with Crippen molar-refractivity contribution >= 4 is 17.6 Å². The zero-order valence-corrected chi connectivity index (χ0v) is 19.8. The number of methoxy groups -OCH3 is 2. The predicted octanol–water partition coefficient (Wildman–Crippen LogP) is 1.85. The molecular formula is C25H32N2O6. The van der Waals surface area contributed by atoms with Gasteiger partial charge >= 0.3 is 5.97 Å². The molecule has 0 saturated carbocycles. The highest BCUT2D eigenvalue weighted by Gasteiger charge is 2.95. The molecule has 2 bridgehead atoms. The Morgan fingerprint density at radius 3 is 2.73 bits per heavy atom. The number of hydrogen-bond acceptors (Lipinski definition) is 7. The first-order valence-electron chi connectivity index (χ1n) is 11.9. The second-order valence-electron chi connectivity index (χ2n) is 10.1. The summed E-state index contributed by atoms with van der Waals surface area (Å²) < 4.78 is 24.4. The summed E-state index contributed by atoms with van der Waals surface area (Å²) in [6.07, 6.45) is 1.97. The topological polar surface area (TPSA) is 77.5 Å². The smallest absolute Gasteiger partial charge is 0.343 e. The lowest BCUT2D eigenvalue weighted by Gasteiger charge is -2.60. The molecule has 1 aromatic rings. The highest BCUT2D eigenvalue weighted by Crippen LogP contribution is 2.80. The van der Waals surface area contributed by atoms with Crippen LogP contribution >= 0.6 is 0 Å². The number of rotatable bonds is 6. The SMILES string of the molecule is CC[C@@]12CCC(=O)N3CC[C@]45c6ccccc6N(C)[C@H]4[C@](C(=O)OC)(O[C@@]315)[C@H]2OCCOC. The highest BCUT2D eigenvalue weighted by molar-refractivity contribution is 5.91. The molecule has 4 fully saturated rings. The zero-order chi connectivity index (χ0) is 23.2. The Kier molecular flexibility index (Phi) is 4.34. The molecular weight excluding hydrogens is 424 g/mol. The van der Waals surface area contributed by atoms with Crippen molar-refractivity contribution in [1.29, 1.82) is 0 Å². The molecule has 4 saturated heterocycles. The number of carbonyl (C=O) groups excluding carboxylic acids is 2. The van der Waals surface area contributed by atoms with Gasteiger partial charge in [-0.15, -0.1) is 0 Å². The van der Waals surface area contributed by atoms with Crippen LogP contribution in [0.1, 0.15) is 38.2 Å². The molecule has 0 unspecified atom stereocenters. The monoisotopic (exact) mass is 456 g/mol. The fourth-order valence-electron chi connectivity index (χ4n) is 8.59.